The van der Waals surface area contributed by atoms with E-state index in [1.165, 1.54) is 0 Å². The van der Waals surface area contributed by atoms with Crippen LogP contribution in [-0.4, -0.2) is 25.8 Å². The van der Waals surface area contributed by atoms with Crippen LogP contribution in [0, 0.1) is 11.8 Å². The second-order valence-corrected chi connectivity index (χ2v) is 5.25. The number of amides is 1. The molecule has 21 heavy (non-hydrogen) atoms. The molecule has 3 rings (SSSR count). The minimum atomic E-state index is -0.238. The lowest BCUT2D eigenvalue weighted by atomic mass is 9.74. The lowest BCUT2D eigenvalue weighted by molar-refractivity contribution is 0.0953. The highest BCUT2D eigenvalue weighted by molar-refractivity contribution is 5.98. The van der Waals surface area contributed by atoms with Crippen LogP contribution in [0.25, 0.3) is 0 Å². The van der Waals surface area contributed by atoms with E-state index >= 15 is 0 Å². The highest BCUT2D eigenvalue weighted by Crippen LogP contribution is 2.40. The summed E-state index contributed by atoms with van der Waals surface area (Å²) in [5.41, 5.74) is 4.21. The molecule has 0 saturated heterocycles. The lowest BCUT2D eigenvalue weighted by Crippen LogP contribution is -2.35. The molecule has 0 radical (unpaired) electrons. The number of carbonyl (C=O) groups is 1. The van der Waals surface area contributed by atoms with Crippen LogP contribution in [0.4, 0.5) is 0 Å². The molecule has 0 bridgehead atoms. The highest BCUT2D eigenvalue weighted by atomic mass is 16.5. The van der Waals surface area contributed by atoms with Crippen LogP contribution < -0.4 is 14.9 Å². The fraction of sp³-hybridized carbons (Fsp3) is 0.375. The molecule has 2 atom stereocenters. The van der Waals surface area contributed by atoms with Crippen molar-refractivity contribution in [2.24, 2.45) is 16.9 Å². The number of fused-ring (bicyclic) bond motifs is 1. The number of nitrogens with zero attached hydrogens (tertiary/aromatic N) is 1. The van der Waals surface area contributed by atoms with Crippen molar-refractivity contribution in [3.63, 3.8) is 0 Å². The Morgan fingerprint density at radius 1 is 1.29 bits per heavy atom. The minimum absolute atomic E-state index is 0.238. The Hall–Kier alpha value is -2.30. The van der Waals surface area contributed by atoms with Crippen molar-refractivity contribution in [1.29, 1.82) is 0 Å². The molecule has 0 aliphatic heterocycles. The number of hydrogen-bond acceptors (Lipinski definition) is 4. The van der Waals surface area contributed by atoms with Gasteiger partial charge in [-0.1, -0.05) is 12.2 Å². The molecule has 5 heteroatoms. The van der Waals surface area contributed by atoms with Crippen LogP contribution in [0.5, 0.6) is 11.5 Å². The predicted molar refractivity (Wildman–Crippen MR) is 79.8 cm³/mol. The maximum absolute atomic E-state index is 12.1. The van der Waals surface area contributed by atoms with E-state index in [0.717, 1.165) is 18.6 Å². The quantitative estimate of drug-likeness (QED) is 0.683. The van der Waals surface area contributed by atoms with Gasteiger partial charge in [0.05, 0.1) is 14.2 Å². The molecule has 2 aliphatic carbocycles. The molecule has 0 spiro atoms. The van der Waals surface area contributed by atoms with Gasteiger partial charge in [-0.05, 0) is 37.0 Å². The molecular formula is C16H18N2O3. The first-order valence-electron chi connectivity index (χ1n) is 6.98. The zero-order chi connectivity index (χ0) is 14.8. The van der Waals surface area contributed by atoms with E-state index in [2.05, 4.69) is 22.7 Å². The van der Waals surface area contributed by atoms with Crippen molar-refractivity contribution >= 4 is 11.6 Å². The Labute approximate surface area is 123 Å². The number of hydrazone groups is 1. The largest absolute Gasteiger partial charge is 0.493 e. The van der Waals surface area contributed by atoms with Crippen molar-refractivity contribution in [3.05, 3.63) is 35.9 Å². The van der Waals surface area contributed by atoms with E-state index in [4.69, 9.17) is 9.47 Å². The van der Waals surface area contributed by atoms with Gasteiger partial charge in [-0.2, -0.15) is 5.10 Å². The summed E-state index contributed by atoms with van der Waals surface area (Å²) in [5.74, 6) is 2.01. The molecule has 0 heterocycles. The van der Waals surface area contributed by atoms with Crippen molar-refractivity contribution in [2.75, 3.05) is 14.2 Å². The van der Waals surface area contributed by atoms with Crippen LogP contribution in [0.3, 0.4) is 0 Å². The van der Waals surface area contributed by atoms with Gasteiger partial charge in [0, 0.05) is 17.2 Å². The van der Waals surface area contributed by atoms with Gasteiger partial charge < -0.3 is 9.47 Å². The van der Waals surface area contributed by atoms with Crippen LogP contribution in [0.2, 0.25) is 0 Å². The number of hydrogen-bond donors (Lipinski definition) is 1. The van der Waals surface area contributed by atoms with E-state index in [9.17, 15) is 4.79 Å². The van der Waals surface area contributed by atoms with E-state index in [1.807, 2.05) is 0 Å². The van der Waals surface area contributed by atoms with E-state index in [-0.39, 0.29) is 5.91 Å². The van der Waals surface area contributed by atoms with Crippen LogP contribution in [0.15, 0.2) is 35.5 Å². The topological polar surface area (TPSA) is 59.9 Å². The number of methoxy groups -OCH3 is 2. The second kappa shape index (κ2) is 5.60. The van der Waals surface area contributed by atoms with Crippen LogP contribution in [0.1, 0.15) is 23.2 Å². The molecule has 1 N–H and O–H groups in total. The minimum Gasteiger partial charge on any atom is -0.493 e. The molecular weight excluding hydrogens is 268 g/mol. The summed E-state index contributed by atoms with van der Waals surface area (Å²) in [4.78, 5) is 12.1. The standard InChI is InChI=1S/C16H18N2O3/c1-20-14-7-6-11(9-15(14)21-2)16(19)18-17-13-8-10-4-3-5-12(10)13/h3-4,6-7,9-10,12H,5,8H2,1-2H3,(H,18,19)/b17-13+/t10-,12+/m1/s1. The fourth-order valence-electron chi connectivity index (χ4n) is 2.83. The summed E-state index contributed by atoms with van der Waals surface area (Å²) in [6, 6.07) is 5.05. The summed E-state index contributed by atoms with van der Waals surface area (Å²) >= 11 is 0. The zero-order valence-corrected chi connectivity index (χ0v) is 12.1. The van der Waals surface area contributed by atoms with Gasteiger partial charge in [-0.3, -0.25) is 4.79 Å². The Morgan fingerprint density at radius 3 is 2.81 bits per heavy atom. The highest BCUT2D eigenvalue weighted by Gasteiger charge is 2.38. The van der Waals surface area contributed by atoms with Gasteiger partial charge in [-0.25, -0.2) is 5.43 Å². The van der Waals surface area contributed by atoms with Gasteiger partial charge in [0.25, 0.3) is 5.91 Å². The van der Waals surface area contributed by atoms with Crippen molar-refractivity contribution in [2.45, 2.75) is 12.8 Å². The first-order valence-corrected chi connectivity index (χ1v) is 6.98. The van der Waals surface area contributed by atoms with Gasteiger partial charge in [0.15, 0.2) is 11.5 Å². The monoisotopic (exact) mass is 286 g/mol. The molecule has 2 aliphatic rings. The SMILES string of the molecule is COc1ccc(C(=O)N/N=C2\C[C@H]3C=CC[C@H]23)cc1OC. The normalized spacial score (nSPS) is 24.4. The molecule has 5 nitrogen and oxygen atoms in total. The summed E-state index contributed by atoms with van der Waals surface area (Å²) < 4.78 is 10.3. The second-order valence-electron chi connectivity index (χ2n) is 5.25. The van der Waals surface area contributed by atoms with E-state index < -0.39 is 0 Å². The number of ether oxygens (including phenoxy) is 2. The maximum Gasteiger partial charge on any atom is 0.271 e. The Morgan fingerprint density at radius 2 is 2.10 bits per heavy atom. The fourth-order valence-corrected chi connectivity index (χ4v) is 2.83. The number of benzene rings is 1. The molecule has 1 amide bonds. The molecule has 1 saturated carbocycles. The van der Waals surface area contributed by atoms with Crippen molar-refractivity contribution in [1.82, 2.24) is 5.43 Å². The molecule has 1 aromatic rings. The molecule has 110 valence electrons. The van der Waals surface area contributed by atoms with Crippen LogP contribution >= 0.6 is 0 Å². The number of rotatable bonds is 4. The number of allylic oxidation sites excluding steroid dienone is 2. The summed E-state index contributed by atoms with van der Waals surface area (Å²) in [7, 11) is 3.10. The smallest absolute Gasteiger partial charge is 0.271 e. The molecule has 1 aromatic carbocycles. The average Bonchev–Trinajstić information content (AvgIpc) is 2.87. The van der Waals surface area contributed by atoms with Crippen LogP contribution in [-0.2, 0) is 0 Å². The average molecular weight is 286 g/mol. The first kappa shape index (κ1) is 13.7. The van der Waals surface area contributed by atoms with Gasteiger partial charge in [-0.15, -0.1) is 0 Å². The number of carbonyl (C=O) groups excluding carboxylic acids is 1. The summed E-state index contributed by atoms with van der Waals surface area (Å²) in [6.45, 7) is 0. The molecule has 0 unspecified atom stereocenters. The van der Waals surface area contributed by atoms with Crippen molar-refractivity contribution < 1.29 is 14.3 Å². The summed E-state index contributed by atoms with van der Waals surface area (Å²) in [5, 5.41) is 4.25. The Bertz CT molecular complexity index is 622. The first-order chi connectivity index (χ1) is 10.2. The van der Waals surface area contributed by atoms with Gasteiger partial charge in [0.1, 0.15) is 0 Å². The van der Waals surface area contributed by atoms with Crippen molar-refractivity contribution in [3.8, 4) is 11.5 Å². The predicted octanol–water partition coefficient (Wildman–Crippen LogP) is 2.39. The van der Waals surface area contributed by atoms with E-state index in [1.54, 1.807) is 32.4 Å². The lowest BCUT2D eigenvalue weighted by Gasteiger charge is -2.31. The Balaban J connectivity index is 1.67. The number of nitrogens with one attached hydrogen (secondary N) is 1. The van der Waals surface area contributed by atoms with Gasteiger partial charge >= 0.3 is 0 Å². The third-order valence-electron chi connectivity index (χ3n) is 4.11. The maximum atomic E-state index is 12.1. The third kappa shape index (κ3) is 2.51. The Kier molecular flexibility index (Phi) is 3.64. The molecule has 0 aromatic heterocycles. The zero-order valence-electron chi connectivity index (χ0n) is 12.1. The van der Waals surface area contributed by atoms with Gasteiger partial charge in [0.2, 0.25) is 0 Å². The summed E-state index contributed by atoms with van der Waals surface area (Å²) in [6.07, 6.45) is 6.41. The molecule has 1 fully saturated rings. The third-order valence-corrected chi connectivity index (χ3v) is 4.11. The van der Waals surface area contributed by atoms with E-state index in [0.29, 0.717) is 28.9 Å².